The fraction of sp³-hybridized carbons (Fsp3) is 0.714. The first-order valence-electron chi connectivity index (χ1n) is 7.26. The normalized spacial score (nSPS) is 18.2. The Morgan fingerprint density at radius 3 is 2.74 bits per heavy atom. The van der Waals surface area contributed by atoms with Gasteiger partial charge in [-0.05, 0) is 38.8 Å². The molecule has 0 spiro atoms. The first kappa shape index (κ1) is 14.1. The lowest BCUT2D eigenvalue weighted by molar-refractivity contribution is -0.127. The molecule has 0 aliphatic carbocycles. The predicted octanol–water partition coefficient (Wildman–Crippen LogP) is 2.08. The van der Waals surface area contributed by atoms with Gasteiger partial charge in [-0.3, -0.25) is 9.89 Å². The molecule has 1 aromatic rings. The van der Waals surface area contributed by atoms with Crippen LogP contribution in [0.5, 0.6) is 0 Å². The summed E-state index contributed by atoms with van der Waals surface area (Å²) in [5.41, 5.74) is 0.830. The molecule has 1 aliphatic heterocycles. The summed E-state index contributed by atoms with van der Waals surface area (Å²) in [6, 6.07) is 1.92. The van der Waals surface area contributed by atoms with Crippen LogP contribution in [0.4, 0.5) is 5.82 Å². The zero-order valence-corrected chi connectivity index (χ0v) is 11.9. The van der Waals surface area contributed by atoms with Gasteiger partial charge in [0.1, 0.15) is 0 Å². The van der Waals surface area contributed by atoms with E-state index >= 15 is 0 Å². The van der Waals surface area contributed by atoms with Crippen LogP contribution < -0.4 is 10.6 Å². The van der Waals surface area contributed by atoms with E-state index in [1.54, 1.807) is 0 Å². The van der Waals surface area contributed by atoms with Gasteiger partial charge in [-0.25, -0.2) is 0 Å². The fourth-order valence-corrected chi connectivity index (χ4v) is 2.83. The molecule has 0 atom stereocenters. The highest BCUT2D eigenvalue weighted by Gasteiger charge is 2.38. The molecule has 2 rings (SSSR count). The van der Waals surface area contributed by atoms with Crippen molar-refractivity contribution >= 4 is 11.7 Å². The molecular weight excluding hydrogens is 240 g/mol. The van der Waals surface area contributed by atoms with Crippen LogP contribution in [0.1, 0.15) is 45.2 Å². The molecule has 106 valence electrons. The van der Waals surface area contributed by atoms with E-state index in [4.69, 9.17) is 0 Å². The highest BCUT2D eigenvalue weighted by atomic mass is 16.2. The van der Waals surface area contributed by atoms with Crippen molar-refractivity contribution in [3.05, 3.63) is 11.8 Å². The summed E-state index contributed by atoms with van der Waals surface area (Å²) >= 11 is 0. The van der Waals surface area contributed by atoms with E-state index in [1.165, 1.54) is 0 Å². The van der Waals surface area contributed by atoms with Crippen molar-refractivity contribution in [2.24, 2.45) is 5.41 Å². The maximum absolute atomic E-state index is 12.6. The largest absolute Gasteiger partial charge is 0.317 e. The summed E-state index contributed by atoms with van der Waals surface area (Å²) in [5, 5.41) is 13.4. The maximum atomic E-state index is 12.6. The van der Waals surface area contributed by atoms with Crippen LogP contribution in [-0.2, 0) is 11.2 Å². The number of piperidine rings is 1. The van der Waals surface area contributed by atoms with Gasteiger partial charge >= 0.3 is 0 Å². The lowest BCUT2D eigenvalue weighted by atomic mass is 9.74. The summed E-state index contributed by atoms with van der Waals surface area (Å²) in [6.07, 6.45) is 4.71. The van der Waals surface area contributed by atoms with E-state index in [1.807, 2.05) is 6.07 Å². The quantitative estimate of drug-likeness (QED) is 0.762. The third-order valence-electron chi connectivity index (χ3n) is 4.02. The Kier molecular flexibility index (Phi) is 4.58. The number of anilines is 1. The number of aromatic nitrogens is 2. The van der Waals surface area contributed by atoms with Crippen LogP contribution in [-0.4, -0.2) is 29.2 Å². The number of nitrogens with zero attached hydrogens (tertiary/aromatic N) is 1. The lowest BCUT2D eigenvalue weighted by Gasteiger charge is -2.35. The van der Waals surface area contributed by atoms with Crippen molar-refractivity contribution in [1.82, 2.24) is 15.5 Å². The molecule has 1 aromatic heterocycles. The number of carbonyl (C=O) groups excluding carboxylic acids is 1. The molecule has 1 saturated heterocycles. The first-order chi connectivity index (χ1) is 9.20. The second kappa shape index (κ2) is 6.19. The van der Waals surface area contributed by atoms with Crippen LogP contribution in [0.15, 0.2) is 6.07 Å². The number of nitrogens with one attached hydrogen (secondary N) is 3. The fourth-order valence-electron chi connectivity index (χ4n) is 2.83. The molecule has 5 nitrogen and oxygen atoms in total. The number of amides is 1. The summed E-state index contributed by atoms with van der Waals surface area (Å²) in [5.74, 6) is 0.779. The first-order valence-corrected chi connectivity index (χ1v) is 7.26. The molecule has 3 N–H and O–H groups in total. The lowest BCUT2D eigenvalue weighted by Crippen LogP contribution is -2.44. The van der Waals surface area contributed by atoms with Crippen molar-refractivity contribution in [1.29, 1.82) is 0 Å². The Balaban J connectivity index is 2.06. The third-order valence-corrected chi connectivity index (χ3v) is 4.02. The summed E-state index contributed by atoms with van der Waals surface area (Å²) in [7, 11) is 0. The Labute approximate surface area is 114 Å². The van der Waals surface area contributed by atoms with Crippen molar-refractivity contribution < 1.29 is 4.79 Å². The maximum Gasteiger partial charge on any atom is 0.231 e. The van der Waals surface area contributed by atoms with E-state index in [0.717, 1.165) is 50.9 Å². The molecule has 5 heteroatoms. The zero-order valence-electron chi connectivity index (χ0n) is 11.9. The number of aromatic amines is 1. The van der Waals surface area contributed by atoms with Crippen molar-refractivity contribution in [2.45, 2.75) is 46.0 Å². The second-order valence-corrected chi connectivity index (χ2v) is 5.37. The standard InChI is InChI=1S/C14H24N4O/c1-3-5-14(6-8-15-9-7-14)13(19)16-12-10-11(4-2)17-18-12/h10,15H,3-9H2,1-2H3,(H2,16,17,18,19). The SMILES string of the molecule is CCCC1(C(=O)Nc2cc(CC)[nH]n2)CCNCC1. The monoisotopic (exact) mass is 264 g/mol. The highest BCUT2D eigenvalue weighted by molar-refractivity contribution is 5.94. The molecule has 0 radical (unpaired) electrons. The van der Waals surface area contributed by atoms with Crippen molar-refractivity contribution in [3.63, 3.8) is 0 Å². The summed E-state index contributed by atoms with van der Waals surface area (Å²) in [4.78, 5) is 12.6. The van der Waals surface area contributed by atoms with Crippen LogP contribution in [0.3, 0.4) is 0 Å². The minimum absolute atomic E-state index is 0.130. The molecule has 1 fully saturated rings. The van der Waals surface area contributed by atoms with Crippen LogP contribution in [0.25, 0.3) is 0 Å². The van der Waals surface area contributed by atoms with E-state index in [0.29, 0.717) is 5.82 Å². The van der Waals surface area contributed by atoms with Gasteiger partial charge in [-0.15, -0.1) is 0 Å². The van der Waals surface area contributed by atoms with Gasteiger partial charge < -0.3 is 10.6 Å². The molecular formula is C14H24N4O. The number of rotatable bonds is 5. The number of carbonyl (C=O) groups is 1. The third kappa shape index (κ3) is 3.15. The van der Waals surface area contributed by atoms with E-state index in [9.17, 15) is 4.79 Å². The minimum atomic E-state index is -0.217. The highest BCUT2D eigenvalue weighted by Crippen LogP contribution is 2.35. The van der Waals surface area contributed by atoms with Gasteiger partial charge in [-0.2, -0.15) is 5.10 Å². The van der Waals surface area contributed by atoms with Crippen LogP contribution >= 0.6 is 0 Å². The molecule has 0 unspecified atom stereocenters. The van der Waals surface area contributed by atoms with Gasteiger partial charge in [-0.1, -0.05) is 20.3 Å². The Morgan fingerprint density at radius 2 is 2.16 bits per heavy atom. The molecule has 2 heterocycles. The van der Waals surface area contributed by atoms with E-state index in [-0.39, 0.29) is 11.3 Å². The number of aryl methyl sites for hydroxylation is 1. The van der Waals surface area contributed by atoms with Gasteiger partial charge in [0.15, 0.2) is 5.82 Å². The van der Waals surface area contributed by atoms with E-state index < -0.39 is 0 Å². The van der Waals surface area contributed by atoms with Gasteiger partial charge in [0.25, 0.3) is 0 Å². The number of hydrogen-bond acceptors (Lipinski definition) is 3. The summed E-state index contributed by atoms with van der Waals surface area (Å²) in [6.45, 7) is 6.05. The smallest absolute Gasteiger partial charge is 0.231 e. The molecule has 1 amide bonds. The Hall–Kier alpha value is -1.36. The topological polar surface area (TPSA) is 69.8 Å². The molecule has 19 heavy (non-hydrogen) atoms. The van der Waals surface area contributed by atoms with E-state index in [2.05, 4.69) is 34.7 Å². The van der Waals surface area contributed by atoms with Crippen LogP contribution in [0, 0.1) is 5.41 Å². The Morgan fingerprint density at radius 1 is 1.42 bits per heavy atom. The molecule has 0 saturated carbocycles. The van der Waals surface area contributed by atoms with Gasteiger partial charge in [0, 0.05) is 11.8 Å². The van der Waals surface area contributed by atoms with Crippen LogP contribution in [0.2, 0.25) is 0 Å². The van der Waals surface area contributed by atoms with Crippen molar-refractivity contribution in [2.75, 3.05) is 18.4 Å². The Bertz CT molecular complexity index is 415. The predicted molar refractivity (Wildman–Crippen MR) is 76.0 cm³/mol. The minimum Gasteiger partial charge on any atom is -0.317 e. The number of hydrogen-bond donors (Lipinski definition) is 3. The summed E-state index contributed by atoms with van der Waals surface area (Å²) < 4.78 is 0. The van der Waals surface area contributed by atoms with Gasteiger partial charge in [0.2, 0.25) is 5.91 Å². The molecule has 0 aromatic carbocycles. The molecule has 0 bridgehead atoms. The number of H-pyrrole nitrogens is 1. The average Bonchev–Trinajstić information content (AvgIpc) is 2.88. The van der Waals surface area contributed by atoms with Gasteiger partial charge in [0.05, 0.1) is 5.41 Å². The zero-order chi connectivity index (χ0) is 13.7. The van der Waals surface area contributed by atoms with Crippen molar-refractivity contribution in [3.8, 4) is 0 Å². The second-order valence-electron chi connectivity index (χ2n) is 5.37. The average molecular weight is 264 g/mol. The molecule has 1 aliphatic rings.